The Balaban J connectivity index is 1.75. The summed E-state index contributed by atoms with van der Waals surface area (Å²) in [5.74, 6) is 0.986. The Hall–Kier alpha value is -1.14. The molecule has 5 nitrogen and oxygen atoms in total. The molecule has 0 aliphatic carbocycles. The Kier molecular flexibility index (Phi) is 4.92. The van der Waals surface area contributed by atoms with Crippen LogP contribution >= 0.6 is 11.6 Å². The zero-order chi connectivity index (χ0) is 16.4. The lowest BCUT2D eigenvalue weighted by molar-refractivity contribution is 0.122. The van der Waals surface area contributed by atoms with Crippen molar-refractivity contribution in [3.63, 3.8) is 0 Å². The Morgan fingerprint density at radius 3 is 3.04 bits per heavy atom. The molecule has 2 heterocycles. The molecule has 1 aliphatic rings. The van der Waals surface area contributed by atoms with E-state index in [1.54, 1.807) is 0 Å². The summed E-state index contributed by atoms with van der Waals surface area (Å²) in [6, 6.07) is 5.89. The van der Waals surface area contributed by atoms with Gasteiger partial charge in [0.05, 0.1) is 23.7 Å². The second-order valence-corrected chi connectivity index (χ2v) is 6.98. The van der Waals surface area contributed by atoms with Gasteiger partial charge in [0.2, 0.25) is 0 Å². The first-order valence-electron chi connectivity index (χ1n) is 8.08. The Morgan fingerprint density at radius 2 is 2.35 bits per heavy atom. The van der Waals surface area contributed by atoms with Crippen LogP contribution in [0.4, 0.5) is 0 Å². The lowest BCUT2D eigenvalue weighted by Crippen LogP contribution is -2.37. The highest BCUT2D eigenvalue weighted by Crippen LogP contribution is 2.32. The lowest BCUT2D eigenvalue weighted by atomic mass is 9.84. The van der Waals surface area contributed by atoms with Crippen molar-refractivity contribution in [2.24, 2.45) is 12.5 Å². The van der Waals surface area contributed by atoms with Crippen molar-refractivity contribution in [1.82, 2.24) is 14.9 Å². The van der Waals surface area contributed by atoms with Gasteiger partial charge in [0.25, 0.3) is 0 Å². The van der Waals surface area contributed by atoms with Crippen molar-refractivity contribution in [3.8, 4) is 0 Å². The van der Waals surface area contributed by atoms with Gasteiger partial charge in [-0.1, -0.05) is 11.6 Å². The second-order valence-electron chi connectivity index (χ2n) is 6.54. The van der Waals surface area contributed by atoms with E-state index in [0.29, 0.717) is 11.6 Å². The number of rotatable bonds is 6. The normalized spacial score (nSPS) is 22.8. The van der Waals surface area contributed by atoms with E-state index in [1.165, 1.54) is 0 Å². The lowest BCUT2D eigenvalue weighted by Gasteiger charge is -2.28. The molecule has 0 radical (unpaired) electrons. The predicted molar refractivity (Wildman–Crippen MR) is 91.7 cm³/mol. The van der Waals surface area contributed by atoms with Crippen LogP contribution in [0.5, 0.6) is 0 Å². The minimum Gasteiger partial charge on any atom is -0.396 e. The van der Waals surface area contributed by atoms with E-state index in [-0.39, 0.29) is 18.1 Å². The molecule has 1 aromatic heterocycles. The molecule has 1 aliphatic heterocycles. The maximum atomic E-state index is 9.33. The number of benzene rings is 1. The molecule has 1 saturated heterocycles. The van der Waals surface area contributed by atoms with E-state index < -0.39 is 0 Å². The SMILES string of the molecule is C[C@H](NC[C@@]1(CCO)CCOC1)c1nc2cc(Cl)ccc2n1C. The number of hydrogen-bond donors (Lipinski definition) is 2. The molecule has 1 aromatic carbocycles. The van der Waals surface area contributed by atoms with Crippen molar-refractivity contribution >= 4 is 22.6 Å². The van der Waals surface area contributed by atoms with E-state index in [1.807, 2.05) is 25.2 Å². The third kappa shape index (κ3) is 3.38. The molecular weight excluding hydrogens is 314 g/mol. The summed E-state index contributed by atoms with van der Waals surface area (Å²) in [7, 11) is 2.03. The van der Waals surface area contributed by atoms with E-state index in [2.05, 4.69) is 16.8 Å². The summed E-state index contributed by atoms with van der Waals surface area (Å²) < 4.78 is 7.65. The first kappa shape index (κ1) is 16.7. The van der Waals surface area contributed by atoms with Gasteiger partial charge in [0.1, 0.15) is 5.82 Å². The van der Waals surface area contributed by atoms with E-state index in [0.717, 1.165) is 42.9 Å². The zero-order valence-corrected chi connectivity index (χ0v) is 14.4. The van der Waals surface area contributed by atoms with Crippen LogP contribution in [0, 0.1) is 5.41 Å². The number of imidazole rings is 1. The molecule has 0 bridgehead atoms. The standard InChI is InChI=1S/C17H24ClN3O2/c1-12(19-10-17(5-7-22)6-8-23-11-17)16-20-14-9-13(18)3-4-15(14)21(16)2/h3-4,9,12,19,22H,5-8,10-11H2,1-2H3/t12-,17+/m0/s1. The summed E-state index contributed by atoms with van der Waals surface area (Å²) in [6.45, 7) is 4.63. The van der Waals surface area contributed by atoms with Gasteiger partial charge in [-0.15, -0.1) is 0 Å². The van der Waals surface area contributed by atoms with Crippen LogP contribution in [0.3, 0.4) is 0 Å². The number of halogens is 1. The summed E-state index contributed by atoms with van der Waals surface area (Å²) >= 11 is 6.06. The van der Waals surface area contributed by atoms with Crippen LogP contribution in [-0.4, -0.2) is 41.0 Å². The molecule has 1 fully saturated rings. The smallest absolute Gasteiger partial charge is 0.126 e. The first-order valence-corrected chi connectivity index (χ1v) is 8.46. The van der Waals surface area contributed by atoms with Crippen molar-refractivity contribution in [2.75, 3.05) is 26.4 Å². The van der Waals surface area contributed by atoms with Gasteiger partial charge in [-0.2, -0.15) is 0 Å². The fraction of sp³-hybridized carbons (Fsp3) is 0.588. The van der Waals surface area contributed by atoms with Gasteiger partial charge in [-0.25, -0.2) is 4.98 Å². The molecule has 3 rings (SSSR count). The average Bonchev–Trinajstić information content (AvgIpc) is 3.11. The fourth-order valence-electron chi connectivity index (χ4n) is 3.35. The average molecular weight is 338 g/mol. The molecule has 2 N–H and O–H groups in total. The second kappa shape index (κ2) is 6.77. The van der Waals surface area contributed by atoms with Crippen LogP contribution in [0.2, 0.25) is 5.02 Å². The number of aliphatic hydroxyl groups excluding tert-OH is 1. The fourth-order valence-corrected chi connectivity index (χ4v) is 3.52. The molecule has 2 atom stereocenters. The predicted octanol–water partition coefficient (Wildman–Crippen LogP) is 2.67. The van der Waals surface area contributed by atoms with Gasteiger partial charge in [-0.3, -0.25) is 0 Å². The Labute approximate surface area is 141 Å². The van der Waals surface area contributed by atoms with Gasteiger partial charge in [-0.05, 0) is 38.0 Å². The molecule has 23 heavy (non-hydrogen) atoms. The topological polar surface area (TPSA) is 59.3 Å². The highest BCUT2D eigenvalue weighted by molar-refractivity contribution is 6.31. The number of ether oxygens (including phenoxy) is 1. The van der Waals surface area contributed by atoms with E-state index in [4.69, 9.17) is 21.3 Å². The van der Waals surface area contributed by atoms with Crippen LogP contribution in [0.25, 0.3) is 11.0 Å². The Morgan fingerprint density at radius 1 is 1.52 bits per heavy atom. The minimum absolute atomic E-state index is 0.0386. The highest BCUT2D eigenvalue weighted by Gasteiger charge is 2.34. The summed E-state index contributed by atoms with van der Waals surface area (Å²) in [5.41, 5.74) is 2.03. The maximum Gasteiger partial charge on any atom is 0.126 e. The molecule has 6 heteroatoms. The molecule has 0 spiro atoms. The molecule has 126 valence electrons. The molecule has 0 unspecified atom stereocenters. The van der Waals surface area contributed by atoms with Crippen LogP contribution < -0.4 is 5.32 Å². The third-order valence-corrected chi connectivity index (χ3v) is 5.11. The number of aliphatic hydroxyl groups is 1. The molecule has 0 amide bonds. The summed E-state index contributed by atoms with van der Waals surface area (Å²) in [4.78, 5) is 4.72. The number of nitrogens with one attached hydrogen (secondary N) is 1. The third-order valence-electron chi connectivity index (χ3n) is 4.88. The van der Waals surface area contributed by atoms with Gasteiger partial charge < -0.3 is 19.7 Å². The molecular formula is C17H24ClN3O2. The van der Waals surface area contributed by atoms with E-state index in [9.17, 15) is 5.11 Å². The summed E-state index contributed by atoms with van der Waals surface area (Å²) in [6.07, 6.45) is 1.76. The molecule has 2 aromatic rings. The van der Waals surface area contributed by atoms with Crippen LogP contribution in [0.15, 0.2) is 18.2 Å². The van der Waals surface area contributed by atoms with Crippen LogP contribution in [0.1, 0.15) is 31.6 Å². The highest BCUT2D eigenvalue weighted by atomic mass is 35.5. The van der Waals surface area contributed by atoms with Gasteiger partial charge >= 0.3 is 0 Å². The Bertz CT molecular complexity index is 680. The quantitative estimate of drug-likeness (QED) is 0.850. The van der Waals surface area contributed by atoms with E-state index >= 15 is 0 Å². The zero-order valence-electron chi connectivity index (χ0n) is 13.7. The molecule has 0 saturated carbocycles. The van der Waals surface area contributed by atoms with Crippen molar-refractivity contribution in [3.05, 3.63) is 29.0 Å². The number of hydrogen-bond acceptors (Lipinski definition) is 4. The van der Waals surface area contributed by atoms with Crippen molar-refractivity contribution in [2.45, 2.75) is 25.8 Å². The van der Waals surface area contributed by atoms with Crippen molar-refractivity contribution < 1.29 is 9.84 Å². The number of aryl methyl sites for hydroxylation is 1. The first-order chi connectivity index (χ1) is 11.0. The monoisotopic (exact) mass is 337 g/mol. The summed E-state index contributed by atoms with van der Waals surface area (Å²) in [5, 5.41) is 13.6. The maximum absolute atomic E-state index is 9.33. The van der Waals surface area contributed by atoms with Gasteiger partial charge in [0, 0.05) is 37.2 Å². The van der Waals surface area contributed by atoms with Crippen LogP contribution in [-0.2, 0) is 11.8 Å². The number of fused-ring (bicyclic) bond motifs is 1. The number of aromatic nitrogens is 2. The number of nitrogens with zero attached hydrogens (tertiary/aromatic N) is 2. The largest absolute Gasteiger partial charge is 0.396 e. The minimum atomic E-state index is 0.0386. The van der Waals surface area contributed by atoms with Gasteiger partial charge in [0.15, 0.2) is 0 Å². The van der Waals surface area contributed by atoms with Crippen molar-refractivity contribution in [1.29, 1.82) is 0 Å².